The van der Waals surface area contributed by atoms with Crippen molar-refractivity contribution in [1.82, 2.24) is 15.0 Å². The van der Waals surface area contributed by atoms with Gasteiger partial charge < -0.3 is 0 Å². The van der Waals surface area contributed by atoms with Crippen LogP contribution in [0.25, 0.3) is 11.0 Å². The molecule has 6 heteroatoms. The smallest absolute Gasteiger partial charge is 0.277 e. The molecule has 94 valence electrons. The summed E-state index contributed by atoms with van der Waals surface area (Å²) in [6.07, 6.45) is 3.19. The second kappa shape index (κ2) is 4.74. The Labute approximate surface area is 113 Å². The number of aryl methyl sites for hydroxylation is 1. The molecule has 0 spiro atoms. The number of aromatic nitrogens is 3. The summed E-state index contributed by atoms with van der Waals surface area (Å²) in [6.45, 7) is 1.93. The van der Waals surface area contributed by atoms with E-state index in [1.165, 1.54) is 17.5 Å². The number of fused-ring (bicyclic) bond motifs is 1. The zero-order valence-electron chi connectivity index (χ0n) is 10.1. The maximum atomic E-state index is 12.0. The predicted molar refractivity (Wildman–Crippen MR) is 74.3 cm³/mol. The average Bonchev–Trinajstić information content (AvgIpc) is 2.83. The minimum Gasteiger partial charge on any atom is -0.296 e. The van der Waals surface area contributed by atoms with Gasteiger partial charge in [0.15, 0.2) is 5.13 Å². The standard InChI is InChI=1S/C13H10N4OS/c1-8-6-15-13(19-8)17-12(18)11-7-14-9-4-2-3-5-10(9)16-11/h2-7H,1H3,(H,15,17,18). The highest BCUT2D eigenvalue weighted by Gasteiger charge is 2.11. The van der Waals surface area contributed by atoms with Crippen LogP contribution in [0.4, 0.5) is 5.13 Å². The van der Waals surface area contributed by atoms with Crippen LogP contribution in [0.5, 0.6) is 0 Å². The van der Waals surface area contributed by atoms with Gasteiger partial charge in [0.05, 0.1) is 17.2 Å². The highest BCUT2D eigenvalue weighted by molar-refractivity contribution is 7.15. The van der Waals surface area contributed by atoms with E-state index in [-0.39, 0.29) is 11.6 Å². The van der Waals surface area contributed by atoms with Gasteiger partial charge in [-0.15, -0.1) is 11.3 Å². The van der Waals surface area contributed by atoms with Gasteiger partial charge in [-0.3, -0.25) is 15.1 Å². The largest absolute Gasteiger partial charge is 0.296 e. The van der Waals surface area contributed by atoms with Crippen molar-refractivity contribution in [3.8, 4) is 0 Å². The molecular weight excluding hydrogens is 260 g/mol. The lowest BCUT2D eigenvalue weighted by Crippen LogP contribution is -2.13. The van der Waals surface area contributed by atoms with Crippen LogP contribution in [0.1, 0.15) is 15.4 Å². The molecule has 19 heavy (non-hydrogen) atoms. The van der Waals surface area contributed by atoms with Crippen molar-refractivity contribution < 1.29 is 4.79 Å². The van der Waals surface area contributed by atoms with E-state index in [9.17, 15) is 4.79 Å². The zero-order valence-corrected chi connectivity index (χ0v) is 10.9. The fourth-order valence-corrected chi connectivity index (χ4v) is 2.30. The van der Waals surface area contributed by atoms with Crippen LogP contribution >= 0.6 is 11.3 Å². The van der Waals surface area contributed by atoms with Gasteiger partial charge in [0, 0.05) is 11.1 Å². The van der Waals surface area contributed by atoms with E-state index in [0.29, 0.717) is 10.6 Å². The summed E-state index contributed by atoms with van der Waals surface area (Å²) in [4.78, 5) is 25.6. The second-order valence-electron chi connectivity index (χ2n) is 3.97. The summed E-state index contributed by atoms with van der Waals surface area (Å²) in [5.41, 5.74) is 1.75. The van der Waals surface area contributed by atoms with Crippen molar-refractivity contribution in [2.75, 3.05) is 5.32 Å². The van der Waals surface area contributed by atoms with Gasteiger partial charge in [0.25, 0.3) is 5.91 Å². The summed E-state index contributed by atoms with van der Waals surface area (Å²) < 4.78 is 0. The Hall–Kier alpha value is -2.34. The number of amides is 1. The Balaban J connectivity index is 1.89. The van der Waals surface area contributed by atoms with Crippen LogP contribution in [0, 0.1) is 6.92 Å². The molecule has 1 aromatic carbocycles. The first kappa shape index (κ1) is 11.7. The SMILES string of the molecule is Cc1cnc(NC(=O)c2cnc3ccccc3n2)s1. The summed E-state index contributed by atoms with van der Waals surface area (Å²) in [5, 5.41) is 3.28. The summed E-state index contributed by atoms with van der Waals surface area (Å²) >= 11 is 1.42. The van der Waals surface area contributed by atoms with Crippen molar-refractivity contribution in [1.29, 1.82) is 0 Å². The first-order valence-electron chi connectivity index (χ1n) is 5.68. The molecule has 0 unspecified atom stereocenters. The number of carbonyl (C=O) groups excluding carboxylic acids is 1. The molecule has 5 nitrogen and oxygen atoms in total. The summed E-state index contributed by atoms with van der Waals surface area (Å²) in [7, 11) is 0. The molecular formula is C13H10N4OS. The maximum Gasteiger partial charge on any atom is 0.277 e. The van der Waals surface area contributed by atoms with Crippen molar-refractivity contribution >= 4 is 33.4 Å². The van der Waals surface area contributed by atoms with Crippen molar-refractivity contribution in [2.45, 2.75) is 6.92 Å². The molecule has 2 aromatic heterocycles. The first-order chi connectivity index (χ1) is 9.22. The molecule has 3 aromatic rings. The number of thiazole rings is 1. The molecule has 0 aliphatic heterocycles. The zero-order chi connectivity index (χ0) is 13.2. The number of nitrogens with zero attached hydrogens (tertiary/aromatic N) is 3. The normalized spacial score (nSPS) is 10.6. The van der Waals surface area contributed by atoms with E-state index in [1.54, 1.807) is 6.20 Å². The number of nitrogens with one attached hydrogen (secondary N) is 1. The number of rotatable bonds is 2. The lowest BCUT2D eigenvalue weighted by Gasteiger charge is -2.02. The number of hydrogen-bond donors (Lipinski definition) is 1. The van der Waals surface area contributed by atoms with E-state index >= 15 is 0 Å². The van der Waals surface area contributed by atoms with E-state index in [4.69, 9.17) is 0 Å². The van der Waals surface area contributed by atoms with Gasteiger partial charge in [-0.05, 0) is 19.1 Å². The second-order valence-corrected chi connectivity index (χ2v) is 5.21. The lowest BCUT2D eigenvalue weighted by atomic mass is 10.3. The van der Waals surface area contributed by atoms with Crippen molar-refractivity contribution in [3.05, 3.63) is 47.2 Å². The van der Waals surface area contributed by atoms with Gasteiger partial charge in [0.2, 0.25) is 0 Å². The van der Waals surface area contributed by atoms with Gasteiger partial charge in [-0.1, -0.05) is 12.1 Å². The highest BCUT2D eigenvalue weighted by atomic mass is 32.1. The van der Waals surface area contributed by atoms with Crippen LogP contribution < -0.4 is 5.32 Å². The van der Waals surface area contributed by atoms with E-state index in [0.717, 1.165) is 10.4 Å². The van der Waals surface area contributed by atoms with Crippen LogP contribution in [0.2, 0.25) is 0 Å². The fraction of sp³-hybridized carbons (Fsp3) is 0.0769. The van der Waals surface area contributed by atoms with Crippen LogP contribution in [-0.4, -0.2) is 20.9 Å². The molecule has 0 fully saturated rings. The third kappa shape index (κ3) is 2.43. The molecule has 2 heterocycles. The third-order valence-electron chi connectivity index (χ3n) is 2.52. The molecule has 0 radical (unpaired) electrons. The van der Waals surface area contributed by atoms with E-state index < -0.39 is 0 Å². The third-order valence-corrected chi connectivity index (χ3v) is 3.35. The molecule has 0 atom stereocenters. The summed E-state index contributed by atoms with van der Waals surface area (Å²) in [5.74, 6) is -0.299. The van der Waals surface area contributed by atoms with Crippen LogP contribution in [0.3, 0.4) is 0 Å². The molecule has 1 amide bonds. The van der Waals surface area contributed by atoms with Crippen molar-refractivity contribution in [3.63, 3.8) is 0 Å². The Morgan fingerprint density at radius 1 is 1.16 bits per heavy atom. The maximum absolute atomic E-state index is 12.0. The number of hydrogen-bond acceptors (Lipinski definition) is 5. The quantitative estimate of drug-likeness (QED) is 0.777. The fourth-order valence-electron chi connectivity index (χ4n) is 1.64. The minimum atomic E-state index is -0.299. The van der Waals surface area contributed by atoms with Gasteiger partial charge in [-0.2, -0.15) is 0 Å². The number of carbonyl (C=O) groups is 1. The van der Waals surface area contributed by atoms with Gasteiger partial charge in [-0.25, -0.2) is 9.97 Å². The molecule has 1 N–H and O–H groups in total. The van der Waals surface area contributed by atoms with Gasteiger partial charge >= 0.3 is 0 Å². The van der Waals surface area contributed by atoms with E-state index in [1.807, 2.05) is 31.2 Å². The Bertz CT molecular complexity index is 753. The van der Waals surface area contributed by atoms with E-state index in [2.05, 4.69) is 20.3 Å². The van der Waals surface area contributed by atoms with Crippen molar-refractivity contribution in [2.24, 2.45) is 0 Å². The molecule has 0 aliphatic carbocycles. The Morgan fingerprint density at radius 2 is 1.95 bits per heavy atom. The minimum absolute atomic E-state index is 0.284. The number of para-hydroxylation sites is 2. The average molecular weight is 270 g/mol. The number of anilines is 1. The molecule has 0 saturated carbocycles. The Kier molecular flexibility index (Phi) is 2.92. The topological polar surface area (TPSA) is 67.8 Å². The Morgan fingerprint density at radius 3 is 2.68 bits per heavy atom. The highest BCUT2D eigenvalue weighted by Crippen LogP contribution is 2.17. The summed E-state index contributed by atoms with van der Waals surface area (Å²) in [6, 6.07) is 7.43. The molecule has 0 bridgehead atoms. The molecule has 3 rings (SSSR count). The predicted octanol–water partition coefficient (Wildman–Crippen LogP) is 2.65. The molecule has 0 aliphatic rings. The molecule has 0 saturated heterocycles. The van der Waals surface area contributed by atoms with Crippen LogP contribution in [0.15, 0.2) is 36.7 Å². The monoisotopic (exact) mass is 270 g/mol. The first-order valence-corrected chi connectivity index (χ1v) is 6.49. The van der Waals surface area contributed by atoms with Gasteiger partial charge in [0.1, 0.15) is 5.69 Å². The van der Waals surface area contributed by atoms with Crippen LogP contribution in [-0.2, 0) is 0 Å². The number of benzene rings is 1. The lowest BCUT2D eigenvalue weighted by molar-refractivity contribution is 0.102.